The summed E-state index contributed by atoms with van der Waals surface area (Å²) in [7, 11) is 3.51. The quantitative estimate of drug-likeness (QED) is 0.310. The number of hydrogen-bond acceptors (Lipinski definition) is 4. The van der Waals surface area contributed by atoms with Crippen molar-refractivity contribution < 1.29 is 9.53 Å². The van der Waals surface area contributed by atoms with Crippen LogP contribution in [0.3, 0.4) is 0 Å². The molecule has 0 spiro atoms. The fourth-order valence-corrected chi connectivity index (χ4v) is 3.71. The van der Waals surface area contributed by atoms with Crippen LogP contribution in [0.4, 0.5) is 11.4 Å². The molecule has 0 saturated carbocycles. The Labute approximate surface area is 208 Å². The highest BCUT2D eigenvalue weighted by atomic mass is 127. The third-order valence-electron chi connectivity index (χ3n) is 5.35. The number of methoxy groups -OCH3 is 1. The van der Waals surface area contributed by atoms with Crippen LogP contribution in [-0.2, 0) is 11.3 Å². The standard InChI is InChI=1S/C24H33N5O2.HI/c1-4-7-23(30)27-20-9-5-8-19(16-20)18-26-24(25-2)29-14-12-28(13-15-29)21-10-6-11-22(17-21)31-3;/h5-6,8-11,16-17H,4,7,12-15,18H2,1-3H3,(H,25,26)(H,27,30);1H. The van der Waals surface area contributed by atoms with Gasteiger partial charge in [-0.3, -0.25) is 9.79 Å². The van der Waals surface area contributed by atoms with Crippen LogP contribution in [-0.4, -0.2) is 57.1 Å². The summed E-state index contributed by atoms with van der Waals surface area (Å²) in [5.41, 5.74) is 3.12. The van der Waals surface area contributed by atoms with Crippen molar-refractivity contribution in [1.82, 2.24) is 10.2 Å². The maximum absolute atomic E-state index is 11.8. The van der Waals surface area contributed by atoms with Crippen LogP contribution in [0, 0.1) is 0 Å². The van der Waals surface area contributed by atoms with Gasteiger partial charge in [-0.2, -0.15) is 0 Å². The number of guanidine groups is 1. The van der Waals surface area contributed by atoms with Gasteiger partial charge in [0.15, 0.2) is 5.96 Å². The minimum Gasteiger partial charge on any atom is -0.497 e. The van der Waals surface area contributed by atoms with Crippen molar-refractivity contribution in [3.05, 3.63) is 54.1 Å². The first-order valence-corrected chi connectivity index (χ1v) is 10.9. The number of halogens is 1. The van der Waals surface area contributed by atoms with Crippen LogP contribution in [0.15, 0.2) is 53.5 Å². The Hall–Kier alpha value is -2.49. The van der Waals surface area contributed by atoms with Crippen molar-refractivity contribution in [2.24, 2.45) is 4.99 Å². The number of ether oxygens (including phenoxy) is 1. The summed E-state index contributed by atoms with van der Waals surface area (Å²) < 4.78 is 5.35. The molecular weight excluding hydrogens is 517 g/mol. The molecular formula is C24H34IN5O2. The fraction of sp³-hybridized carbons (Fsp3) is 0.417. The molecule has 1 heterocycles. The lowest BCUT2D eigenvalue weighted by atomic mass is 10.2. The number of carbonyl (C=O) groups excluding carboxylic acids is 1. The van der Waals surface area contributed by atoms with E-state index in [1.807, 2.05) is 44.3 Å². The van der Waals surface area contributed by atoms with Gasteiger partial charge in [-0.15, -0.1) is 24.0 Å². The van der Waals surface area contributed by atoms with E-state index in [2.05, 4.69) is 43.6 Å². The van der Waals surface area contributed by atoms with E-state index in [9.17, 15) is 4.79 Å². The van der Waals surface area contributed by atoms with Crippen LogP contribution in [0.1, 0.15) is 25.3 Å². The second-order valence-electron chi connectivity index (χ2n) is 7.57. The van der Waals surface area contributed by atoms with E-state index >= 15 is 0 Å². The number of anilines is 2. The lowest BCUT2D eigenvalue weighted by molar-refractivity contribution is -0.116. The van der Waals surface area contributed by atoms with Crippen LogP contribution >= 0.6 is 24.0 Å². The summed E-state index contributed by atoms with van der Waals surface area (Å²) in [6.07, 6.45) is 1.38. The summed E-state index contributed by atoms with van der Waals surface area (Å²) >= 11 is 0. The average Bonchev–Trinajstić information content (AvgIpc) is 2.80. The van der Waals surface area contributed by atoms with Crippen LogP contribution in [0.5, 0.6) is 5.75 Å². The molecule has 1 aliphatic heterocycles. The van der Waals surface area contributed by atoms with E-state index < -0.39 is 0 Å². The number of rotatable bonds is 7. The van der Waals surface area contributed by atoms with E-state index in [1.165, 1.54) is 5.69 Å². The molecule has 1 aliphatic rings. The summed E-state index contributed by atoms with van der Waals surface area (Å²) in [4.78, 5) is 21.0. The Morgan fingerprint density at radius 1 is 1.09 bits per heavy atom. The second kappa shape index (κ2) is 13.1. The Bertz CT molecular complexity index is 897. The van der Waals surface area contributed by atoms with E-state index in [0.29, 0.717) is 13.0 Å². The highest BCUT2D eigenvalue weighted by Gasteiger charge is 2.20. The first-order chi connectivity index (χ1) is 15.1. The summed E-state index contributed by atoms with van der Waals surface area (Å²) in [5, 5.41) is 6.41. The minimum atomic E-state index is 0. The zero-order valence-corrected chi connectivity index (χ0v) is 21.5. The number of benzene rings is 2. The molecule has 3 rings (SSSR count). The zero-order valence-electron chi connectivity index (χ0n) is 19.1. The van der Waals surface area contributed by atoms with Crippen LogP contribution in [0.2, 0.25) is 0 Å². The molecule has 7 nitrogen and oxygen atoms in total. The molecule has 0 bridgehead atoms. The van der Waals surface area contributed by atoms with Gasteiger partial charge in [-0.1, -0.05) is 25.1 Å². The number of nitrogens with one attached hydrogen (secondary N) is 2. The Morgan fingerprint density at radius 2 is 1.84 bits per heavy atom. The Kier molecular flexibility index (Phi) is 10.6. The molecule has 2 aromatic carbocycles. The number of piperazine rings is 1. The maximum atomic E-state index is 11.8. The third kappa shape index (κ3) is 7.29. The third-order valence-corrected chi connectivity index (χ3v) is 5.35. The van der Waals surface area contributed by atoms with Gasteiger partial charge in [0.25, 0.3) is 0 Å². The van der Waals surface area contributed by atoms with Gasteiger partial charge in [-0.25, -0.2) is 0 Å². The molecule has 2 aromatic rings. The molecule has 0 radical (unpaired) electrons. The van der Waals surface area contributed by atoms with Crippen molar-refractivity contribution >= 4 is 47.2 Å². The second-order valence-corrected chi connectivity index (χ2v) is 7.57. The average molecular weight is 551 g/mol. The number of carbonyl (C=O) groups is 1. The topological polar surface area (TPSA) is 69.2 Å². The normalized spacial score (nSPS) is 13.9. The van der Waals surface area contributed by atoms with Gasteiger partial charge in [0.2, 0.25) is 5.91 Å². The van der Waals surface area contributed by atoms with Crippen molar-refractivity contribution in [3.8, 4) is 5.75 Å². The van der Waals surface area contributed by atoms with Crippen molar-refractivity contribution in [2.45, 2.75) is 26.3 Å². The van der Waals surface area contributed by atoms with E-state index in [-0.39, 0.29) is 29.9 Å². The zero-order chi connectivity index (χ0) is 22.1. The van der Waals surface area contributed by atoms with E-state index in [0.717, 1.165) is 55.6 Å². The molecule has 0 unspecified atom stereocenters. The first-order valence-electron chi connectivity index (χ1n) is 10.9. The van der Waals surface area contributed by atoms with Crippen molar-refractivity contribution in [1.29, 1.82) is 0 Å². The maximum Gasteiger partial charge on any atom is 0.224 e. The number of aliphatic imine (C=N–C) groups is 1. The summed E-state index contributed by atoms with van der Waals surface area (Å²) in [6.45, 7) is 6.29. The van der Waals surface area contributed by atoms with Gasteiger partial charge in [0, 0.05) is 63.6 Å². The first kappa shape index (κ1) is 25.8. The van der Waals surface area contributed by atoms with Gasteiger partial charge in [0.1, 0.15) is 5.75 Å². The highest BCUT2D eigenvalue weighted by molar-refractivity contribution is 14.0. The Morgan fingerprint density at radius 3 is 2.53 bits per heavy atom. The molecule has 0 aromatic heterocycles. The van der Waals surface area contributed by atoms with Crippen LogP contribution in [0.25, 0.3) is 0 Å². The van der Waals surface area contributed by atoms with Gasteiger partial charge in [-0.05, 0) is 36.2 Å². The van der Waals surface area contributed by atoms with E-state index in [1.54, 1.807) is 7.11 Å². The molecule has 174 valence electrons. The lowest BCUT2D eigenvalue weighted by Crippen LogP contribution is -2.52. The highest BCUT2D eigenvalue weighted by Crippen LogP contribution is 2.22. The van der Waals surface area contributed by atoms with E-state index in [4.69, 9.17) is 4.74 Å². The largest absolute Gasteiger partial charge is 0.497 e. The molecule has 2 N–H and O–H groups in total. The molecule has 0 aliphatic carbocycles. The van der Waals surface area contributed by atoms with Crippen molar-refractivity contribution in [3.63, 3.8) is 0 Å². The number of amides is 1. The van der Waals surface area contributed by atoms with Gasteiger partial charge >= 0.3 is 0 Å². The SMILES string of the molecule is CCCC(=O)Nc1cccc(CNC(=NC)N2CCN(c3cccc(OC)c3)CC2)c1.I. The molecule has 32 heavy (non-hydrogen) atoms. The van der Waals surface area contributed by atoms with Gasteiger partial charge < -0.3 is 25.2 Å². The smallest absolute Gasteiger partial charge is 0.224 e. The number of hydrogen-bond donors (Lipinski definition) is 2. The molecule has 1 amide bonds. The predicted molar refractivity (Wildman–Crippen MR) is 142 cm³/mol. The molecule has 0 atom stereocenters. The predicted octanol–water partition coefficient (Wildman–Crippen LogP) is 3.95. The summed E-state index contributed by atoms with van der Waals surface area (Å²) in [6, 6.07) is 16.1. The molecule has 8 heteroatoms. The fourth-order valence-electron chi connectivity index (χ4n) is 3.71. The molecule has 1 saturated heterocycles. The Balaban J connectivity index is 0.00000363. The summed E-state index contributed by atoms with van der Waals surface area (Å²) in [5.74, 6) is 1.83. The van der Waals surface area contributed by atoms with Crippen molar-refractivity contribution in [2.75, 3.05) is 50.6 Å². The van der Waals surface area contributed by atoms with Gasteiger partial charge in [0.05, 0.1) is 7.11 Å². The number of nitrogens with zero attached hydrogens (tertiary/aromatic N) is 3. The van der Waals surface area contributed by atoms with Crippen LogP contribution < -0.4 is 20.3 Å². The molecule has 1 fully saturated rings. The lowest BCUT2D eigenvalue weighted by Gasteiger charge is -2.37. The monoisotopic (exact) mass is 551 g/mol. The minimum absolute atomic E-state index is 0.